The van der Waals surface area contributed by atoms with Gasteiger partial charge in [0.05, 0.1) is 0 Å². The minimum atomic E-state index is 0.495. The lowest BCUT2D eigenvalue weighted by Crippen LogP contribution is -1.84. The Labute approximate surface area is 66.2 Å². The van der Waals surface area contributed by atoms with Crippen LogP contribution in [0.3, 0.4) is 0 Å². The van der Waals surface area contributed by atoms with E-state index in [0.29, 0.717) is 11.6 Å². The van der Waals surface area contributed by atoms with E-state index in [9.17, 15) is 4.91 Å². The van der Waals surface area contributed by atoms with Crippen molar-refractivity contribution in [3.05, 3.63) is 34.7 Å². The zero-order valence-electron chi connectivity index (χ0n) is 6.74. The number of hydrogen-bond acceptors (Lipinski definition) is 2. The van der Waals surface area contributed by atoms with Crippen molar-refractivity contribution in [2.24, 2.45) is 5.18 Å². The zero-order valence-corrected chi connectivity index (χ0v) is 6.74. The molecule has 0 saturated carbocycles. The van der Waals surface area contributed by atoms with E-state index < -0.39 is 0 Å². The highest BCUT2D eigenvalue weighted by molar-refractivity contribution is 5.39. The average Bonchev–Trinajstić information content (AvgIpc) is 2.05. The smallest absolute Gasteiger partial charge is 0.108 e. The lowest BCUT2D eigenvalue weighted by Gasteiger charge is -2.02. The van der Waals surface area contributed by atoms with Gasteiger partial charge in [-0.15, -0.1) is 4.91 Å². The van der Waals surface area contributed by atoms with Gasteiger partial charge in [0.25, 0.3) is 0 Å². The molecule has 0 unspecified atom stereocenters. The Morgan fingerprint density at radius 1 is 1.18 bits per heavy atom. The molecule has 0 aliphatic carbocycles. The van der Waals surface area contributed by atoms with Crippen molar-refractivity contribution in [3.8, 4) is 0 Å². The largest absolute Gasteiger partial charge is 0.145 e. The summed E-state index contributed by atoms with van der Waals surface area (Å²) < 4.78 is 0. The Bertz CT molecular complexity index is 238. The highest BCUT2D eigenvalue weighted by atomic mass is 16.3. The first kappa shape index (κ1) is 7.92. The van der Waals surface area contributed by atoms with E-state index in [2.05, 4.69) is 19.0 Å². The van der Waals surface area contributed by atoms with Crippen molar-refractivity contribution in [2.45, 2.75) is 19.8 Å². The highest BCUT2D eigenvalue weighted by Gasteiger charge is 1.97. The fourth-order valence-electron chi connectivity index (χ4n) is 0.920. The maximum absolute atomic E-state index is 10.0. The molecule has 0 spiro atoms. The second-order valence-corrected chi connectivity index (χ2v) is 2.84. The molecule has 58 valence electrons. The molecule has 0 aromatic heterocycles. The van der Waals surface area contributed by atoms with Gasteiger partial charge in [-0.3, -0.25) is 0 Å². The molecule has 11 heavy (non-hydrogen) atoms. The van der Waals surface area contributed by atoms with Crippen LogP contribution in [0.4, 0.5) is 5.69 Å². The fourth-order valence-corrected chi connectivity index (χ4v) is 0.920. The topological polar surface area (TPSA) is 29.4 Å². The Hall–Kier alpha value is -1.18. The van der Waals surface area contributed by atoms with Gasteiger partial charge >= 0.3 is 0 Å². The van der Waals surface area contributed by atoms with E-state index in [1.165, 1.54) is 5.56 Å². The van der Waals surface area contributed by atoms with Gasteiger partial charge in [0.1, 0.15) is 5.69 Å². The fraction of sp³-hybridized carbons (Fsp3) is 0.333. The van der Waals surface area contributed by atoms with Gasteiger partial charge in [0, 0.05) is 0 Å². The predicted molar refractivity (Wildman–Crippen MR) is 46.0 cm³/mol. The van der Waals surface area contributed by atoms with Crippen LogP contribution in [0.5, 0.6) is 0 Å². The van der Waals surface area contributed by atoms with Crippen molar-refractivity contribution >= 4 is 5.69 Å². The van der Waals surface area contributed by atoms with Gasteiger partial charge in [-0.1, -0.05) is 26.0 Å². The Balaban J connectivity index is 2.91. The van der Waals surface area contributed by atoms with Crippen LogP contribution < -0.4 is 0 Å². The van der Waals surface area contributed by atoms with Crippen LogP contribution in [-0.4, -0.2) is 0 Å². The molecule has 1 aromatic rings. The summed E-state index contributed by atoms with van der Waals surface area (Å²) in [7, 11) is 0. The van der Waals surface area contributed by atoms with E-state index in [-0.39, 0.29) is 0 Å². The first-order chi connectivity index (χ1) is 5.24. The number of rotatable bonds is 2. The normalized spacial score (nSPS) is 10.1. The Morgan fingerprint density at radius 2 is 1.73 bits per heavy atom. The van der Waals surface area contributed by atoms with Gasteiger partial charge in [0.2, 0.25) is 0 Å². The van der Waals surface area contributed by atoms with E-state index >= 15 is 0 Å². The first-order valence-electron chi connectivity index (χ1n) is 3.67. The van der Waals surface area contributed by atoms with Crippen LogP contribution in [0.15, 0.2) is 29.4 Å². The summed E-state index contributed by atoms with van der Waals surface area (Å²) in [5.41, 5.74) is 1.73. The number of nitrogens with zero attached hydrogens (tertiary/aromatic N) is 1. The summed E-state index contributed by atoms with van der Waals surface area (Å²) in [6, 6.07) is 7.34. The molecule has 0 aliphatic rings. The Morgan fingerprint density at radius 3 is 2.09 bits per heavy atom. The van der Waals surface area contributed by atoms with Crippen molar-refractivity contribution in [3.63, 3.8) is 0 Å². The quantitative estimate of drug-likeness (QED) is 0.593. The predicted octanol–water partition coefficient (Wildman–Crippen LogP) is 3.21. The van der Waals surface area contributed by atoms with Crippen LogP contribution in [0, 0.1) is 4.91 Å². The second-order valence-electron chi connectivity index (χ2n) is 2.84. The highest BCUT2D eigenvalue weighted by Crippen LogP contribution is 2.18. The summed E-state index contributed by atoms with van der Waals surface area (Å²) in [6.07, 6.45) is 0. The van der Waals surface area contributed by atoms with Crippen molar-refractivity contribution in [1.29, 1.82) is 0 Å². The molecule has 1 aromatic carbocycles. The molecule has 0 saturated heterocycles. The molecule has 0 fully saturated rings. The van der Waals surface area contributed by atoms with Gasteiger partial charge in [-0.25, -0.2) is 0 Å². The molecule has 0 amide bonds. The van der Waals surface area contributed by atoms with Crippen LogP contribution in [0.25, 0.3) is 0 Å². The van der Waals surface area contributed by atoms with E-state index in [4.69, 9.17) is 0 Å². The number of nitroso groups, excluding NO2 is 1. The molecule has 0 radical (unpaired) electrons. The maximum atomic E-state index is 10.0. The van der Waals surface area contributed by atoms with Gasteiger partial charge in [0.15, 0.2) is 0 Å². The second kappa shape index (κ2) is 3.28. The van der Waals surface area contributed by atoms with Gasteiger partial charge in [-0.05, 0) is 28.8 Å². The average molecular weight is 149 g/mol. The third-order valence-corrected chi connectivity index (χ3v) is 1.67. The molecule has 0 heterocycles. The number of hydrogen-bond donors (Lipinski definition) is 0. The van der Waals surface area contributed by atoms with Crippen molar-refractivity contribution < 1.29 is 0 Å². The molecular formula is C9H11NO. The van der Waals surface area contributed by atoms with Crippen LogP contribution >= 0.6 is 0 Å². The van der Waals surface area contributed by atoms with Crippen LogP contribution in [0.1, 0.15) is 25.3 Å². The van der Waals surface area contributed by atoms with E-state index in [1.54, 1.807) is 12.1 Å². The number of benzene rings is 1. The SMILES string of the molecule is CC(C)c1ccc(N=O)cc1. The zero-order chi connectivity index (χ0) is 8.27. The van der Waals surface area contributed by atoms with Gasteiger partial charge < -0.3 is 0 Å². The summed E-state index contributed by atoms with van der Waals surface area (Å²) >= 11 is 0. The molecule has 0 atom stereocenters. The molecule has 2 nitrogen and oxygen atoms in total. The monoisotopic (exact) mass is 149 g/mol. The minimum absolute atomic E-state index is 0.495. The molecule has 0 aliphatic heterocycles. The molecular weight excluding hydrogens is 138 g/mol. The van der Waals surface area contributed by atoms with Crippen LogP contribution in [0.2, 0.25) is 0 Å². The van der Waals surface area contributed by atoms with Crippen LogP contribution in [-0.2, 0) is 0 Å². The van der Waals surface area contributed by atoms with Crippen molar-refractivity contribution in [1.82, 2.24) is 0 Å². The summed E-state index contributed by atoms with van der Waals surface area (Å²) in [5.74, 6) is 0.510. The third kappa shape index (κ3) is 1.87. The summed E-state index contributed by atoms with van der Waals surface area (Å²) in [4.78, 5) is 10.0. The van der Waals surface area contributed by atoms with E-state index in [0.717, 1.165) is 0 Å². The minimum Gasteiger partial charge on any atom is -0.145 e. The van der Waals surface area contributed by atoms with Crippen molar-refractivity contribution in [2.75, 3.05) is 0 Å². The molecule has 2 heteroatoms. The lowest BCUT2D eigenvalue weighted by molar-refractivity contribution is 0.867. The summed E-state index contributed by atoms with van der Waals surface area (Å²) in [5, 5.41) is 2.82. The van der Waals surface area contributed by atoms with E-state index in [1.807, 2.05) is 12.1 Å². The Kier molecular flexibility index (Phi) is 2.36. The van der Waals surface area contributed by atoms with Gasteiger partial charge in [-0.2, -0.15) is 0 Å². The lowest BCUT2D eigenvalue weighted by atomic mass is 10.0. The first-order valence-corrected chi connectivity index (χ1v) is 3.67. The molecule has 0 N–H and O–H groups in total. The molecule has 1 rings (SSSR count). The standard InChI is InChI=1S/C9H11NO/c1-7(2)8-3-5-9(10-11)6-4-8/h3-7H,1-2H3. The third-order valence-electron chi connectivity index (χ3n) is 1.67. The maximum Gasteiger partial charge on any atom is 0.108 e. The molecule has 0 bridgehead atoms. The summed E-state index contributed by atoms with van der Waals surface area (Å²) in [6.45, 7) is 4.23.